The van der Waals surface area contributed by atoms with Crippen LogP contribution in [-0.4, -0.2) is 67.0 Å². The topological polar surface area (TPSA) is 97.3 Å². The quantitative estimate of drug-likeness (QED) is 0.518. The number of nitrogens with one attached hydrogen (secondary N) is 1. The Kier molecular flexibility index (Phi) is 8.77. The SMILES string of the molecule is COc1cc(C(F)(F)F)ccc1CN[C@@H]1[C@@H](C(C)(C)C)[C@H](C(=O)O)N(C(=O)C2COCCO2)[C@@H]1c1ccccc1. The summed E-state index contributed by atoms with van der Waals surface area (Å²) < 4.78 is 56.3. The summed E-state index contributed by atoms with van der Waals surface area (Å²) in [7, 11) is 1.30. The molecular formula is C29H35F3N2O6. The number of aliphatic carboxylic acids is 1. The molecule has 1 amide bonds. The zero-order chi connectivity index (χ0) is 29.2. The van der Waals surface area contributed by atoms with E-state index in [1.807, 2.05) is 51.1 Å². The van der Waals surface area contributed by atoms with Crippen molar-refractivity contribution < 1.29 is 42.1 Å². The molecule has 1 unspecified atom stereocenters. The minimum atomic E-state index is -4.53. The molecule has 0 bridgehead atoms. The van der Waals surface area contributed by atoms with Crippen LogP contribution < -0.4 is 10.1 Å². The van der Waals surface area contributed by atoms with Gasteiger partial charge in [0, 0.05) is 24.1 Å². The highest BCUT2D eigenvalue weighted by Gasteiger charge is 2.58. The van der Waals surface area contributed by atoms with Crippen molar-refractivity contribution in [3.8, 4) is 5.75 Å². The Morgan fingerprint density at radius 1 is 1.10 bits per heavy atom. The first kappa shape index (κ1) is 29.8. The fourth-order valence-corrected chi connectivity index (χ4v) is 5.82. The van der Waals surface area contributed by atoms with Crippen LogP contribution in [0.3, 0.4) is 0 Å². The predicted octanol–water partition coefficient (Wildman–Crippen LogP) is 4.29. The maximum Gasteiger partial charge on any atom is 0.416 e. The zero-order valence-corrected chi connectivity index (χ0v) is 22.9. The highest BCUT2D eigenvalue weighted by atomic mass is 19.4. The third kappa shape index (κ3) is 6.11. The third-order valence-corrected chi connectivity index (χ3v) is 7.55. The van der Waals surface area contributed by atoms with Crippen LogP contribution in [0.25, 0.3) is 0 Å². The van der Waals surface area contributed by atoms with E-state index in [-0.39, 0.29) is 25.5 Å². The van der Waals surface area contributed by atoms with Gasteiger partial charge in [-0.1, -0.05) is 57.2 Å². The lowest BCUT2D eigenvalue weighted by atomic mass is 9.72. The van der Waals surface area contributed by atoms with E-state index in [2.05, 4.69) is 5.32 Å². The number of carboxylic acid groups (broad SMARTS) is 1. The molecule has 2 fully saturated rings. The standard InChI is InChI=1S/C29H35F3N2O6/c1-28(2,3)22-23(33-15-18-10-11-19(29(30,31)32)14-20(18)38-4)24(17-8-6-5-7-9-17)34(25(22)27(36)37)26(35)21-16-39-12-13-40-21/h5-11,14,21-25,33H,12-13,15-16H2,1-4H3,(H,36,37)/t21?,22-,23-,24-,25-/m1/s1. The molecule has 2 aliphatic rings. The van der Waals surface area contributed by atoms with Crippen molar-refractivity contribution in [1.29, 1.82) is 0 Å². The maximum absolute atomic E-state index is 13.9. The Bertz CT molecular complexity index is 1190. The van der Waals surface area contributed by atoms with E-state index < -0.39 is 59.2 Å². The molecular weight excluding hydrogens is 529 g/mol. The van der Waals surface area contributed by atoms with Crippen LogP contribution in [0, 0.1) is 11.3 Å². The fourth-order valence-electron chi connectivity index (χ4n) is 5.82. The van der Waals surface area contributed by atoms with Crippen molar-refractivity contribution >= 4 is 11.9 Å². The van der Waals surface area contributed by atoms with Crippen molar-refractivity contribution in [3.05, 3.63) is 65.2 Å². The summed E-state index contributed by atoms with van der Waals surface area (Å²) in [5.74, 6) is -2.16. The number of likely N-dealkylation sites (tertiary alicyclic amines) is 1. The predicted molar refractivity (Wildman–Crippen MR) is 140 cm³/mol. The molecule has 2 saturated heterocycles. The summed E-state index contributed by atoms with van der Waals surface area (Å²) in [5.41, 5.74) is -0.226. The lowest BCUT2D eigenvalue weighted by Gasteiger charge is -2.36. The minimum Gasteiger partial charge on any atom is -0.496 e. The molecule has 2 heterocycles. The van der Waals surface area contributed by atoms with Crippen molar-refractivity contribution in [3.63, 3.8) is 0 Å². The molecule has 0 radical (unpaired) electrons. The van der Waals surface area contributed by atoms with Crippen molar-refractivity contribution in [2.24, 2.45) is 11.3 Å². The van der Waals surface area contributed by atoms with E-state index >= 15 is 0 Å². The Morgan fingerprint density at radius 3 is 2.35 bits per heavy atom. The largest absolute Gasteiger partial charge is 0.496 e. The van der Waals surface area contributed by atoms with Gasteiger partial charge in [-0.25, -0.2) is 4.79 Å². The molecule has 218 valence electrons. The first-order chi connectivity index (χ1) is 18.8. The molecule has 2 aromatic rings. The number of hydrogen-bond acceptors (Lipinski definition) is 6. The van der Waals surface area contributed by atoms with Gasteiger partial charge in [-0.05, 0) is 23.1 Å². The van der Waals surface area contributed by atoms with Gasteiger partial charge in [0.05, 0.1) is 38.5 Å². The van der Waals surface area contributed by atoms with E-state index in [0.717, 1.165) is 17.7 Å². The van der Waals surface area contributed by atoms with E-state index in [1.165, 1.54) is 18.1 Å². The monoisotopic (exact) mass is 564 g/mol. The van der Waals surface area contributed by atoms with Crippen molar-refractivity contribution in [2.75, 3.05) is 26.9 Å². The number of nitrogens with zero attached hydrogens (tertiary/aromatic N) is 1. The number of rotatable bonds is 7. The molecule has 2 aromatic carbocycles. The molecule has 8 nitrogen and oxygen atoms in total. The lowest BCUT2D eigenvalue weighted by molar-refractivity contribution is -0.167. The molecule has 0 aliphatic carbocycles. The van der Waals surface area contributed by atoms with Gasteiger partial charge in [0.1, 0.15) is 11.8 Å². The van der Waals surface area contributed by atoms with E-state index in [0.29, 0.717) is 12.2 Å². The van der Waals surface area contributed by atoms with Crippen LogP contribution in [-0.2, 0) is 31.8 Å². The molecule has 40 heavy (non-hydrogen) atoms. The summed E-state index contributed by atoms with van der Waals surface area (Å²) in [6.07, 6.45) is -5.47. The van der Waals surface area contributed by atoms with Gasteiger partial charge in [-0.15, -0.1) is 0 Å². The van der Waals surface area contributed by atoms with Gasteiger partial charge in [0.15, 0.2) is 6.10 Å². The van der Waals surface area contributed by atoms with Crippen molar-refractivity contribution in [1.82, 2.24) is 10.2 Å². The van der Waals surface area contributed by atoms with E-state index in [4.69, 9.17) is 14.2 Å². The summed E-state index contributed by atoms with van der Waals surface area (Å²) in [6, 6.07) is 9.91. The first-order valence-electron chi connectivity index (χ1n) is 13.1. The fraction of sp³-hybridized carbons (Fsp3) is 0.517. The molecule has 0 spiro atoms. The number of carbonyl (C=O) groups excluding carboxylic acids is 1. The lowest BCUT2D eigenvalue weighted by Crippen LogP contribution is -2.52. The van der Waals surface area contributed by atoms with Gasteiger partial charge in [-0.2, -0.15) is 13.2 Å². The van der Waals surface area contributed by atoms with Crippen LogP contribution >= 0.6 is 0 Å². The Hall–Kier alpha value is -3.15. The van der Waals surface area contributed by atoms with Gasteiger partial charge in [-0.3, -0.25) is 4.79 Å². The van der Waals surface area contributed by atoms with Gasteiger partial charge < -0.3 is 29.5 Å². The highest BCUT2D eigenvalue weighted by Crippen LogP contribution is 2.48. The number of methoxy groups -OCH3 is 1. The number of carbonyl (C=O) groups is 2. The van der Waals surface area contributed by atoms with Crippen LogP contribution in [0.5, 0.6) is 5.75 Å². The minimum absolute atomic E-state index is 0.0181. The van der Waals surface area contributed by atoms with Crippen LogP contribution in [0.2, 0.25) is 0 Å². The van der Waals surface area contributed by atoms with Gasteiger partial charge >= 0.3 is 12.1 Å². The van der Waals surface area contributed by atoms with Gasteiger partial charge in [0.2, 0.25) is 0 Å². The molecule has 0 saturated carbocycles. The molecule has 2 aliphatic heterocycles. The number of alkyl halides is 3. The van der Waals surface area contributed by atoms with Crippen LogP contribution in [0.1, 0.15) is 43.5 Å². The van der Waals surface area contributed by atoms with E-state index in [9.17, 15) is 27.9 Å². The maximum atomic E-state index is 13.9. The molecule has 4 rings (SSSR count). The number of halogens is 3. The summed E-state index contributed by atoms with van der Waals surface area (Å²) in [6.45, 7) is 6.41. The molecule has 5 atom stereocenters. The number of carboxylic acids is 1. The first-order valence-corrected chi connectivity index (χ1v) is 13.1. The normalized spacial score (nSPS) is 25.6. The number of hydrogen-bond donors (Lipinski definition) is 2. The Labute approximate surface area is 231 Å². The molecule has 2 N–H and O–H groups in total. The van der Waals surface area contributed by atoms with Crippen LogP contribution in [0.4, 0.5) is 13.2 Å². The van der Waals surface area contributed by atoms with Crippen LogP contribution in [0.15, 0.2) is 48.5 Å². The second-order valence-corrected chi connectivity index (χ2v) is 11.1. The average Bonchev–Trinajstić information content (AvgIpc) is 3.28. The summed E-state index contributed by atoms with van der Waals surface area (Å²) >= 11 is 0. The van der Waals surface area contributed by atoms with Gasteiger partial charge in [0.25, 0.3) is 5.91 Å². The second kappa shape index (κ2) is 11.8. The third-order valence-electron chi connectivity index (χ3n) is 7.55. The highest BCUT2D eigenvalue weighted by molar-refractivity contribution is 5.88. The Balaban J connectivity index is 1.78. The Morgan fingerprint density at radius 2 is 1.80 bits per heavy atom. The number of amides is 1. The number of benzene rings is 2. The number of ether oxygens (including phenoxy) is 3. The zero-order valence-electron chi connectivity index (χ0n) is 22.9. The smallest absolute Gasteiger partial charge is 0.416 e. The second-order valence-electron chi connectivity index (χ2n) is 11.1. The molecule has 11 heteroatoms. The average molecular weight is 565 g/mol. The summed E-state index contributed by atoms with van der Waals surface area (Å²) in [5, 5.41) is 13.9. The molecule has 0 aromatic heterocycles. The van der Waals surface area contributed by atoms with Crippen molar-refractivity contribution in [2.45, 2.75) is 57.7 Å². The van der Waals surface area contributed by atoms with E-state index in [1.54, 1.807) is 0 Å². The summed E-state index contributed by atoms with van der Waals surface area (Å²) in [4.78, 5) is 28.2.